The Balaban J connectivity index is 1.22. The van der Waals surface area contributed by atoms with E-state index in [1.54, 1.807) is 18.2 Å². The molecule has 0 spiro atoms. The number of carbonyl (C=O) groups excluding carboxylic acids is 2. The van der Waals surface area contributed by atoms with Crippen molar-refractivity contribution in [3.8, 4) is 16.9 Å². The molecular weight excluding hydrogens is 612 g/mol. The molecule has 0 aliphatic carbocycles. The third-order valence-corrected chi connectivity index (χ3v) is 8.86. The monoisotopic (exact) mass is 646 g/mol. The van der Waals surface area contributed by atoms with Gasteiger partial charge in [0.05, 0.1) is 12.3 Å². The van der Waals surface area contributed by atoms with Crippen LogP contribution in [0.3, 0.4) is 0 Å². The van der Waals surface area contributed by atoms with E-state index in [9.17, 15) is 14.4 Å². The van der Waals surface area contributed by atoms with Crippen molar-refractivity contribution in [3.05, 3.63) is 150 Å². The number of para-hydroxylation sites is 2. The van der Waals surface area contributed by atoms with Crippen LogP contribution in [0.15, 0.2) is 127 Å². The molecular formula is C42H34N2O5. The number of ether oxygens (including phenoxy) is 1. The highest BCUT2D eigenvalue weighted by Crippen LogP contribution is 2.41. The molecule has 1 aliphatic heterocycles. The molecule has 0 saturated carbocycles. The molecule has 49 heavy (non-hydrogen) atoms. The summed E-state index contributed by atoms with van der Waals surface area (Å²) in [4.78, 5) is 42.6. The van der Waals surface area contributed by atoms with Gasteiger partial charge in [-0.2, -0.15) is 0 Å². The summed E-state index contributed by atoms with van der Waals surface area (Å²) in [5.74, 6) is -1.06. The van der Waals surface area contributed by atoms with Crippen LogP contribution in [0.2, 0.25) is 0 Å². The van der Waals surface area contributed by atoms with Crippen molar-refractivity contribution in [2.75, 3.05) is 16.4 Å². The summed E-state index contributed by atoms with van der Waals surface area (Å²) < 4.78 is 5.78. The summed E-state index contributed by atoms with van der Waals surface area (Å²) in [6.45, 7) is 3.93. The molecule has 0 unspecified atom stereocenters. The van der Waals surface area contributed by atoms with E-state index in [0.29, 0.717) is 45.5 Å². The van der Waals surface area contributed by atoms with Gasteiger partial charge in [-0.15, -0.1) is 0 Å². The molecule has 0 saturated heterocycles. The number of amides is 2. The van der Waals surface area contributed by atoms with Gasteiger partial charge in [0.1, 0.15) is 5.75 Å². The summed E-state index contributed by atoms with van der Waals surface area (Å²) >= 11 is 0. The Morgan fingerprint density at radius 2 is 1.22 bits per heavy atom. The smallest absolute Gasteiger partial charge is 0.303 e. The highest BCUT2D eigenvalue weighted by molar-refractivity contribution is 6.36. The van der Waals surface area contributed by atoms with Crippen LogP contribution in [0.25, 0.3) is 21.9 Å². The second kappa shape index (κ2) is 13.1. The molecule has 1 N–H and O–H groups in total. The molecule has 7 nitrogen and oxygen atoms in total. The van der Waals surface area contributed by atoms with Crippen molar-refractivity contribution in [2.24, 2.45) is 0 Å². The van der Waals surface area contributed by atoms with E-state index in [2.05, 4.69) is 53.4 Å². The second-order valence-electron chi connectivity index (χ2n) is 12.1. The number of hydrogen-bond donors (Lipinski definition) is 1. The number of aliphatic carboxylic acids is 1. The largest absolute Gasteiger partial charge is 0.494 e. The average molecular weight is 647 g/mol. The first-order valence-electron chi connectivity index (χ1n) is 16.2. The lowest BCUT2D eigenvalue weighted by atomic mass is 9.88. The van der Waals surface area contributed by atoms with Crippen molar-refractivity contribution in [1.29, 1.82) is 0 Å². The van der Waals surface area contributed by atoms with Gasteiger partial charge in [-0.1, -0.05) is 66.7 Å². The molecule has 7 heteroatoms. The first-order chi connectivity index (χ1) is 23.8. The number of benzene rings is 6. The Hall–Kier alpha value is -6.21. The number of carboxylic acid groups (broad SMARTS) is 1. The van der Waals surface area contributed by atoms with Crippen molar-refractivity contribution >= 4 is 51.3 Å². The lowest BCUT2D eigenvalue weighted by Crippen LogP contribution is -2.41. The van der Waals surface area contributed by atoms with Crippen molar-refractivity contribution < 1.29 is 24.2 Å². The van der Waals surface area contributed by atoms with Crippen LogP contribution in [0, 0.1) is 13.8 Å². The number of aryl methyl sites for hydroxylation is 2. The van der Waals surface area contributed by atoms with Crippen LogP contribution < -0.4 is 14.5 Å². The predicted molar refractivity (Wildman–Crippen MR) is 193 cm³/mol. The van der Waals surface area contributed by atoms with Crippen LogP contribution in [0.5, 0.6) is 5.75 Å². The topological polar surface area (TPSA) is 87.2 Å². The van der Waals surface area contributed by atoms with Gasteiger partial charge in [-0.05, 0) is 109 Å². The average Bonchev–Trinajstić information content (AvgIpc) is 3.11. The van der Waals surface area contributed by atoms with Crippen molar-refractivity contribution in [2.45, 2.75) is 26.7 Å². The van der Waals surface area contributed by atoms with Crippen molar-refractivity contribution in [3.63, 3.8) is 0 Å². The van der Waals surface area contributed by atoms with Crippen LogP contribution in [-0.4, -0.2) is 29.5 Å². The zero-order valence-electron chi connectivity index (χ0n) is 27.2. The third-order valence-electron chi connectivity index (χ3n) is 8.86. The van der Waals surface area contributed by atoms with E-state index < -0.39 is 5.97 Å². The Kier molecular flexibility index (Phi) is 8.41. The zero-order chi connectivity index (χ0) is 34.1. The Labute approximate surface area is 284 Å². The molecule has 0 bridgehead atoms. The molecule has 0 fully saturated rings. The highest BCUT2D eigenvalue weighted by Gasteiger charge is 2.36. The second-order valence-corrected chi connectivity index (χ2v) is 12.1. The molecule has 242 valence electrons. The Morgan fingerprint density at radius 3 is 1.82 bits per heavy atom. The first-order valence-corrected chi connectivity index (χ1v) is 16.2. The third kappa shape index (κ3) is 5.91. The van der Waals surface area contributed by atoms with Crippen LogP contribution in [0.4, 0.5) is 22.7 Å². The Bertz CT molecular complexity index is 2130. The Morgan fingerprint density at radius 1 is 0.673 bits per heavy atom. The normalized spacial score (nSPS) is 12.3. The van der Waals surface area contributed by atoms with Gasteiger partial charge >= 0.3 is 5.97 Å². The van der Waals surface area contributed by atoms with E-state index in [0.717, 1.165) is 33.6 Å². The number of anilines is 4. The summed E-state index contributed by atoms with van der Waals surface area (Å²) in [6, 6.07) is 41.7. The lowest BCUT2D eigenvalue weighted by molar-refractivity contribution is -0.137. The summed E-state index contributed by atoms with van der Waals surface area (Å²) in [6.07, 6.45) is 0.400. The fourth-order valence-corrected chi connectivity index (χ4v) is 6.71. The number of carbonyl (C=O) groups is 3. The number of nitrogens with zero attached hydrogens (tertiary/aromatic N) is 2. The SMILES string of the molecule is Cc1cc(OCCCC(=O)O)cc(C)c1N1C(=O)c2cccc3c(-c4ccc(N(c5ccccc5)c5ccccc5)cc4)ccc(c23)C1=O. The van der Waals surface area contributed by atoms with Gasteiger partial charge in [0.25, 0.3) is 11.8 Å². The molecule has 0 atom stereocenters. The van der Waals surface area contributed by atoms with Crippen LogP contribution in [-0.2, 0) is 4.79 Å². The van der Waals surface area contributed by atoms with E-state index in [-0.39, 0.29) is 24.8 Å². The number of hydrogen-bond acceptors (Lipinski definition) is 5. The van der Waals surface area contributed by atoms with E-state index >= 15 is 0 Å². The van der Waals surface area contributed by atoms with Gasteiger partial charge in [-0.25, -0.2) is 4.90 Å². The maximum absolute atomic E-state index is 14.1. The zero-order valence-corrected chi connectivity index (χ0v) is 27.2. The minimum Gasteiger partial charge on any atom is -0.494 e. The quantitative estimate of drug-likeness (QED) is 0.118. The van der Waals surface area contributed by atoms with Crippen LogP contribution >= 0.6 is 0 Å². The van der Waals surface area contributed by atoms with Crippen LogP contribution in [0.1, 0.15) is 44.7 Å². The first kappa shape index (κ1) is 31.4. The van der Waals surface area contributed by atoms with Gasteiger partial charge in [-0.3, -0.25) is 14.4 Å². The van der Waals surface area contributed by atoms with E-state index in [1.807, 2.05) is 74.5 Å². The van der Waals surface area contributed by atoms with Crippen molar-refractivity contribution in [1.82, 2.24) is 0 Å². The molecule has 7 rings (SSSR count). The molecule has 6 aromatic rings. The molecule has 2 amide bonds. The summed E-state index contributed by atoms with van der Waals surface area (Å²) in [5, 5.41) is 10.4. The van der Waals surface area contributed by atoms with E-state index in [1.165, 1.54) is 4.90 Å². The van der Waals surface area contributed by atoms with Gasteiger partial charge in [0.15, 0.2) is 0 Å². The van der Waals surface area contributed by atoms with E-state index in [4.69, 9.17) is 9.84 Å². The van der Waals surface area contributed by atoms with Gasteiger partial charge < -0.3 is 14.7 Å². The maximum Gasteiger partial charge on any atom is 0.303 e. The maximum atomic E-state index is 14.1. The molecule has 0 radical (unpaired) electrons. The lowest BCUT2D eigenvalue weighted by Gasteiger charge is -2.30. The molecule has 1 aliphatic rings. The standard InChI is InChI=1S/C42H34N2O5/c1-27-25-33(49-24-10-17-38(45)46)26-28(2)40(27)44-41(47)36-16-9-15-35-34(22-23-37(39(35)36)42(44)48)29-18-20-32(21-19-29)43(30-11-5-3-6-12-30)31-13-7-4-8-14-31/h3-9,11-16,18-23,25-26H,10,17,24H2,1-2H3,(H,45,46). The predicted octanol–water partition coefficient (Wildman–Crippen LogP) is 9.64. The number of imide groups is 1. The minimum absolute atomic E-state index is 0.0198. The number of rotatable bonds is 10. The minimum atomic E-state index is -0.872. The highest BCUT2D eigenvalue weighted by atomic mass is 16.5. The summed E-state index contributed by atoms with van der Waals surface area (Å²) in [7, 11) is 0. The molecule has 0 aromatic heterocycles. The molecule has 6 aromatic carbocycles. The van der Waals surface area contributed by atoms with Gasteiger partial charge in [0.2, 0.25) is 0 Å². The number of carboxylic acids is 1. The fraction of sp³-hybridized carbons (Fsp3) is 0.119. The molecule has 1 heterocycles. The van der Waals surface area contributed by atoms with Gasteiger partial charge in [0, 0.05) is 40.0 Å². The summed E-state index contributed by atoms with van der Waals surface area (Å²) in [5.41, 5.74) is 7.90. The fourth-order valence-electron chi connectivity index (χ4n) is 6.71.